The van der Waals surface area contributed by atoms with Gasteiger partial charge in [-0.15, -0.1) is 0 Å². The molecule has 2 rings (SSSR count). The van der Waals surface area contributed by atoms with Crippen molar-refractivity contribution in [3.05, 3.63) is 29.1 Å². The topological polar surface area (TPSA) is 46.2 Å². The lowest BCUT2D eigenvalue weighted by Crippen LogP contribution is -2.14. The van der Waals surface area contributed by atoms with Crippen molar-refractivity contribution < 1.29 is 9.50 Å². The Morgan fingerprint density at radius 1 is 1.50 bits per heavy atom. The maximum absolute atomic E-state index is 13.4. The molecule has 1 atom stereocenters. The molecule has 1 saturated carbocycles. The van der Waals surface area contributed by atoms with E-state index in [1.807, 2.05) is 0 Å². The molecule has 76 valence electrons. The highest BCUT2D eigenvalue weighted by molar-refractivity contribution is 5.42. The van der Waals surface area contributed by atoms with Gasteiger partial charge in [-0.3, -0.25) is 0 Å². The standard InChI is InChI=1S/C11H14FNO/c1-6-2-5-8(12)9(11(6)14)10(13)7-3-4-7/h2,5,7,10,14H,3-4,13H2,1H3/t10-/m0/s1. The zero-order valence-electron chi connectivity index (χ0n) is 8.13. The smallest absolute Gasteiger partial charge is 0.131 e. The van der Waals surface area contributed by atoms with Gasteiger partial charge >= 0.3 is 0 Å². The van der Waals surface area contributed by atoms with Crippen molar-refractivity contribution in [1.29, 1.82) is 0 Å². The lowest BCUT2D eigenvalue weighted by molar-refractivity contribution is 0.438. The van der Waals surface area contributed by atoms with Gasteiger partial charge in [0.15, 0.2) is 0 Å². The fourth-order valence-corrected chi connectivity index (χ4v) is 1.70. The molecule has 14 heavy (non-hydrogen) atoms. The Hall–Kier alpha value is -1.09. The van der Waals surface area contributed by atoms with E-state index in [2.05, 4.69) is 0 Å². The van der Waals surface area contributed by atoms with Gasteiger partial charge in [0.1, 0.15) is 11.6 Å². The molecule has 3 N–H and O–H groups in total. The quantitative estimate of drug-likeness (QED) is 0.760. The molecule has 0 aromatic heterocycles. The largest absolute Gasteiger partial charge is 0.507 e. The summed E-state index contributed by atoms with van der Waals surface area (Å²) in [6.45, 7) is 1.75. The molecule has 1 aromatic rings. The number of nitrogens with two attached hydrogens (primary N) is 1. The number of benzene rings is 1. The molecule has 3 heteroatoms. The first-order chi connectivity index (χ1) is 6.61. The Morgan fingerprint density at radius 3 is 2.71 bits per heavy atom. The molecule has 0 amide bonds. The monoisotopic (exact) mass is 195 g/mol. The number of aromatic hydroxyl groups is 1. The van der Waals surface area contributed by atoms with E-state index in [9.17, 15) is 9.50 Å². The van der Waals surface area contributed by atoms with E-state index in [4.69, 9.17) is 5.73 Å². The van der Waals surface area contributed by atoms with E-state index in [-0.39, 0.29) is 17.4 Å². The summed E-state index contributed by atoms with van der Waals surface area (Å²) in [6.07, 6.45) is 2.07. The second kappa shape index (κ2) is 3.24. The van der Waals surface area contributed by atoms with E-state index < -0.39 is 5.82 Å². The first-order valence-electron chi connectivity index (χ1n) is 4.85. The zero-order valence-corrected chi connectivity index (χ0v) is 8.13. The van der Waals surface area contributed by atoms with Crippen LogP contribution in [-0.2, 0) is 0 Å². The number of phenolic OH excluding ortho intramolecular Hbond substituents is 1. The van der Waals surface area contributed by atoms with E-state index >= 15 is 0 Å². The van der Waals surface area contributed by atoms with Gasteiger partial charge in [0.2, 0.25) is 0 Å². The van der Waals surface area contributed by atoms with Crippen molar-refractivity contribution in [2.45, 2.75) is 25.8 Å². The molecule has 0 bridgehead atoms. The molecule has 0 radical (unpaired) electrons. The molecule has 0 spiro atoms. The van der Waals surface area contributed by atoms with Crippen molar-refractivity contribution >= 4 is 0 Å². The van der Waals surface area contributed by atoms with Crippen LogP contribution < -0.4 is 5.73 Å². The molecular weight excluding hydrogens is 181 g/mol. The van der Waals surface area contributed by atoms with Crippen LogP contribution in [0.2, 0.25) is 0 Å². The molecule has 0 heterocycles. The minimum Gasteiger partial charge on any atom is -0.507 e. The van der Waals surface area contributed by atoms with Gasteiger partial charge < -0.3 is 10.8 Å². The third-order valence-electron chi connectivity index (χ3n) is 2.83. The van der Waals surface area contributed by atoms with Crippen LogP contribution in [0.1, 0.15) is 30.0 Å². The van der Waals surface area contributed by atoms with Crippen LogP contribution in [0, 0.1) is 18.7 Å². The van der Waals surface area contributed by atoms with Crippen molar-refractivity contribution in [2.75, 3.05) is 0 Å². The van der Waals surface area contributed by atoms with Crippen molar-refractivity contribution in [3.8, 4) is 5.75 Å². The fraction of sp³-hybridized carbons (Fsp3) is 0.455. The lowest BCUT2D eigenvalue weighted by atomic mass is 9.99. The van der Waals surface area contributed by atoms with Crippen LogP contribution in [0.5, 0.6) is 5.75 Å². The van der Waals surface area contributed by atoms with E-state index in [0.29, 0.717) is 11.5 Å². The highest BCUT2D eigenvalue weighted by atomic mass is 19.1. The van der Waals surface area contributed by atoms with Gasteiger partial charge in [-0.1, -0.05) is 6.07 Å². The molecule has 1 fully saturated rings. The number of hydrogen-bond donors (Lipinski definition) is 2. The van der Waals surface area contributed by atoms with Crippen molar-refractivity contribution in [1.82, 2.24) is 0 Å². The molecule has 1 aromatic carbocycles. The number of aryl methyl sites for hydroxylation is 1. The Balaban J connectivity index is 2.43. The van der Waals surface area contributed by atoms with Crippen molar-refractivity contribution in [2.24, 2.45) is 11.7 Å². The SMILES string of the molecule is Cc1ccc(F)c([C@@H](N)C2CC2)c1O. The third kappa shape index (κ3) is 1.48. The van der Waals surface area contributed by atoms with Crippen LogP contribution in [-0.4, -0.2) is 5.11 Å². The summed E-state index contributed by atoms with van der Waals surface area (Å²) in [4.78, 5) is 0. The van der Waals surface area contributed by atoms with Crippen LogP contribution in [0.25, 0.3) is 0 Å². The van der Waals surface area contributed by atoms with Crippen molar-refractivity contribution in [3.63, 3.8) is 0 Å². The number of phenols is 1. The molecule has 0 unspecified atom stereocenters. The number of halogens is 1. The van der Waals surface area contributed by atoms with Crippen LogP contribution >= 0.6 is 0 Å². The first kappa shape index (κ1) is 9.46. The van der Waals surface area contributed by atoms with Gasteiger partial charge in [-0.25, -0.2) is 4.39 Å². The Labute approximate surface area is 82.5 Å². The summed E-state index contributed by atoms with van der Waals surface area (Å²) in [5.74, 6) is -0.0332. The first-order valence-corrected chi connectivity index (χ1v) is 4.85. The third-order valence-corrected chi connectivity index (χ3v) is 2.83. The normalized spacial score (nSPS) is 18.2. The van der Waals surface area contributed by atoms with E-state index in [0.717, 1.165) is 12.8 Å². The lowest BCUT2D eigenvalue weighted by Gasteiger charge is -2.14. The summed E-state index contributed by atoms with van der Waals surface area (Å²) < 4.78 is 13.4. The maximum Gasteiger partial charge on any atom is 0.131 e. The molecule has 1 aliphatic rings. The highest BCUT2D eigenvalue weighted by Crippen LogP contribution is 2.43. The molecular formula is C11H14FNO. The number of rotatable bonds is 2. The van der Waals surface area contributed by atoms with Gasteiger partial charge in [-0.05, 0) is 37.3 Å². The Morgan fingerprint density at radius 2 is 2.14 bits per heavy atom. The zero-order chi connectivity index (χ0) is 10.3. The Kier molecular flexibility index (Phi) is 2.19. The average Bonchev–Trinajstić information content (AvgIpc) is 2.95. The minimum absolute atomic E-state index is 0.0180. The van der Waals surface area contributed by atoms with Gasteiger partial charge in [0.05, 0.1) is 0 Å². The summed E-state index contributed by atoms with van der Waals surface area (Å²) in [5, 5.41) is 9.71. The van der Waals surface area contributed by atoms with Gasteiger partial charge in [-0.2, -0.15) is 0 Å². The minimum atomic E-state index is -0.396. The Bertz CT molecular complexity index is 361. The summed E-state index contributed by atoms with van der Waals surface area (Å²) in [5.41, 5.74) is 6.83. The van der Waals surface area contributed by atoms with Gasteiger partial charge in [0.25, 0.3) is 0 Å². The van der Waals surface area contributed by atoms with Crippen LogP contribution in [0.15, 0.2) is 12.1 Å². The van der Waals surface area contributed by atoms with Crippen LogP contribution in [0.3, 0.4) is 0 Å². The second-order valence-corrected chi connectivity index (χ2v) is 3.99. The molecule has 2 nitrogen and oxygen atoms in total. The average molecular weight is 195 g/mol. The highest BCUT2D eigenvalue weighted by Gasteiger charge is 2.33. The predicted octanol–water partition coefficient (Wildman–Crippen LogP) is 2.25. The van der Waals surface area contributed by atoms with Crippen LogP contribution in [0.4, 0.5) is 4.39 Å². The summed E-state index contributed by atoms with van der Waals surface area (Å²) in [7, 11) is 0. The molecule has 0 aliphatic heterocycles. The maximum atomic E-state index is 13.4. The molecule has 1 aliphatic carbocycles. The number of hydrogen-bond acceptors (Lipinski definition) is 2. The molecule has 0 saturated heterocycles. The predicted molar refractivity (Wildman–Crippen MR) is 52.5 cm³/mol. The van der Waals surface area contributed by atoms with E-state index in [1.54, 1.807) is 13.0 Å². The van der Waals surface area contributed by atoms with E-state index in [1.165, 1.54) is 6.07 Å². The van der Waals surface area contributed by atoms with Gasteiger partial charge in [0, 0.05) is 11.6 Å². The fourth-order valence-electron chi connectivity index (χ4n) is 1.70. The summed E-state index contributed by atoms with van der Waals surface area (Å²) >= 11 is 0. The summed E-state index contributed by atoms with van der Waals surface area (Å²) in [6, 6.07) is 2.58. The second-order valence-electron chi connectivity index (χ2n) is 3.99.